The van der Waals surface area contributed by atoms with Crippen LogP contribution in [0.2, 0.25) is 0 Å². The minimum atomic E-state index is -4.02. The van der Waals surface area contributed by atoms with E-state index in [1.807, 2.05) is 55.6 Å². The van der Waals surface area contributed by atoms with Crippen molar-refractivity contribution < 1.29 is 13.0 Å². The zero-order chi connectivity index (χ0) is 29.4. The third kappa shape index (κ3) is 5.07. The Morgan fingerprint density at radius 2 is 1.55 bits per heavy atom. The van der Waals surface area contributed by atoms with Gasteiger partial charge in [-0.2, -0.15) is 8.42 Å². The highest BCUT2D eigenvalue weighted by Gasteiger charge is 2.17. The van der Waals surface area contributed by atoms with Crippen molar-refractivity contribution in [2.75, 3.05) is 0 Å². The monoisotopic (exact) mass is 574 g/mol. The smallest absolute Gasteiger partial charge is 0.293 e. The maximum atomic E-state index is 13.3. The average Bonchev–Trinajstić information content (AvgIpc) is 3.27. The summed E-state index contributed by atoms with van der Waals surface area (Å²) in [5.74, 6) is 0. The molecule has 3 aromatic heterocycles. The summed E-state index contributed by atoms with van der Waals surface area (Å²) in [6.07, 6.45) is 5.38. The van der Waals surface area contributed by atoms with E-state index in [-0.39, 0.29) is 10.6 Å². The molecule has 0 radical (unpaired) electrons. The zero-order valence-corrected chi connectivity index (χ0v) is 23.7. The molecular formula is C33H26N4O4S. The lowest BCUT2D eigenvalue weighted by Crippen LogP contribution is -2.20. The van der Waals surface area contributed by atoms with Crippen molar-refractivity contribution in [1.29, 1.82) is 0 Å². The molecule has 8 nitrogen and oxygen atoms in total. The number of nitrogens with zero attached hydrogens (tertiary/aromatic N) is 4. The molecule has 42 heavy (non-hydrogen) atoms. The molecule has 0 bridgehead atoms. The largest absolute Gasteiger partial charge is 0.333 e. The molecule has 208 valence electrons. The summed E-state index contributed by atoms with van der Waals surface area (Å²) < 4.78 is 33.0. The van der Waals surface area contributed by atoms with Gasteiger partial charge in [0.2, 0.25) is 0 Å². The van der Waals surface area contributed by atoms with E-state index >= 15 is 0 Å². The Balaban J connectivity index is 0.000000244. The van der Waals surface area contributed by atoms with Crippen LogP contribution in [0.25, 0.3) is 49.5 Å². The SMILES string of the molecule is Cc1ccc(S(=O)(=O)O)cc1.Cn1c(=O)n(-c2ccc3ccccc3c2)c2c3cc(-c4cccnc4)ccc3ncc21. The Bertz CT molecular complexity index is 2260. The van der Waals surface area contributed by atoms with Crippen molar-refractivity contribution >= 4 is 42.8 Å². The summed E-state index contributed by atoms with van der Waals surface area (Å²) in [5.41, 5.74) is 6.28. The number of rotatable bonds is 3. The zero-order valence-electron chi connectivity index (χ0n) is 22.8. The van der Waals surface area contributed by atoms with E-state index < -0.39 is 10.1 Å². The van der Waals surface area contributed by atoms with Crippen molar-refractivity contribution in [3.05, 3.63) is 132 Å². The number of fused-ring (bicyclic) bond motifs is 4. The quantitative estimate of drug-likeness (QED) is 0.247. The van der Waals surface area contributed by atoms with Gasteiger partial charge in [0.25, 0.3) is 10.1 Å². The molecule has 9 heteroatoms. The molecule has 0 saturated carbocycles. The number of aryl methyl sites for hydroxylation is 2. The second kappa shape index (κ2) is 10.7. The first-order valence-electron chi connectivity index (χ1n) is 13.1. The second-order valence-electron chi connectivity index (χ2n) is 9.96. The lowest BCUT2D eigenvalue weighted by molar-refractivity contribution is 0.483. The van der Waals surface area contributed by atoms with Crippen LogP contribution in [-0.4, -0.2) is 32.1 Å². The molecule has 0 aliphatic heterocycles. The summed E-state index contributed by atoms with van der Waals surface area (Å²) in [6, 6.07) is 30.4. The van der Waals surface area contributed by atoms with E-state index in [1.165, 1.54) is 12.1 Å². The fourth-order valence-corrected chi connectivity index (χ4v) is 5.46. The molecular weight excluding hydrogens is 548 g/mol. The molecule has 7 rings (SSSR count). The van der Waals surface area contributed by atoms with Gasteiger partial charge in [0.05, 0.1) is 33.3 Å². The van der Waals surface area contributed by atoms with Gasteiger partial charge in [0, 0.05) is 30.4 Å². The molecule has 7 aromatic rings. The fourth-order valence-electron chi connectivity index (χ4n) is 4.98. The van der Waals surface area contributed by atoms with E-state index in [1.54, 1.807) is 40.7 Å². The maximum Gasteiger partial charge on any atom is 0.333 e. The number of pyridine rings is 2. The van der Waals surface area contributed by atoms with Crippen LogP contribution in [0.15, 0.2) is 125 Å². The third-order valence-corrected chi connectivity index (χ3v) is 8.06. The Labute approximate surface area is 241 Å². The van der Waals surface area contributed by atoms with E-state index in [9.17, 15) is 13.2 Å². The average molecular weight is 575 g/mol. The van der Waals surface area contributed by atoms with Crippen molar-refractivity contribution in [3.8, 4) is 16.8 Å². The van der Waals surface area contributed by atoms with Crippen LogP contribution in [0.3, 0.4) is 0 Å². The number of imidazole rings is 1. The Morgan fingerprint density at radius 1 is 0.786 bits per heavy atom. The van der Waals surface area contributed by atoms with Gasteiger partial charge in [-0.05, 0) is 65.7 Å². The van der Waals surface area contributed by atoms with E-state index in [2.05, 4.69) is 40.3 Å². The molecule has 4 aromatic carbocycles. The van der Waals surface area contributed by atoms with Crippen molar-refractivity contribution in [1.82, 2.24) is 19.1 Å². The van der Waals surface area contributed by atoms with Crippen LogP contribution in [-0.2, 0) is 17.2 Å². The van der Waals surface area contributed by atoms with Crippen molar-refractivity contribution in [2.24, 2.45) is 7.05 Å². The Kier molecular flexibility index (Phi) is 6.89. The second-order valence-corrected chi connectivity index (χ2v) is 11.4. The number of hydrogen-bond acceptors (Lipinski definition) is 5. The molecule has 0 unspecified atom stereocenters. The topological polar surface area (TPSA) is 107 Å². The van der Waals surface area contributed by atoms with Crippen LogP contribution in [0, 0.1) is 6.92 Å². The van der Waals surface area contributed by atoms with Gasteiger partial charge >= 0.3 is 5.69 Å². The maximum absolute atomic E-state index is 13.3. The predicted octanol–water partition coefficient (Wildman–Crippen LogP) is 6.33. The molecule has 0 saturated heterocycles. The van der Waals surface area contributed by atoms with Crippen LogP contribution in [0.5, 0.6) is 0 Å². The summed E-state index contributed by atoms with van der Waals surface area (Å²) >= 11 is 0. The molecule has 0 amide bonds. The lowest BCUT2D eigenvalue weighted by atomic mass is 10.0. The first kappa shape index (κ1) is 27.1. The van der Waals surface area contributed by atoms with Crippen LogP contribution in [0.4, 0.5) is 0 Å². The van der Waals surface area contributed by atoms with Gasteiger partial charge in [-0.1, -0.05) is 60.2 Å². The van der Waals surface area contributed by atoms with Crippen LogP contribution >= 0.6 is 0 Å². The molecule has 0 fully saturated rings. The minimum Gasteiger partial charge on any atom is -0.293 e. The molecule has 3 heterocycles. The van der Waals surface area contributed by atoms with E-state index in [0.717, 1.165) is 55.1 Å². The summed E-state index contributed by atoms with van der Waals surface area (Å²) in [7, 11) is -2.23. The highest BCUT2D eigenvalue weighted by molar-refractivity contribution is 7.85. The highest BCUT2D eigenvalue weighted by Crippen LogP contribution is 2.30. The number of aromatic nitrogens is 4. The number of hydrogen-bond donors (Lipinski definition) is 1. The van der Waals surface area contributed by atoms with Gasteiger partial charge in [-0.3, -0.25) is 23.7 Å². The van der Waals surface area contributed by atoms with E-state index in [0.29, 0.717) is 0 Å². The van der Waals surface area contributed by atoms with Gasteiger partial charge in [-0.15, -0.1) is 0 Å². The molecule has 0 aliphatic rings. The summed E-state index contributed by atoms with van der Waals surface area (Å²) in [6.45, 7) is 1.84. The van der Waals surface area contributed by atoms with Gasteiger partial charge in [-0.25, -0.2) is 4.79 Å². The highest BCUT2D eigenvalue weighted by atomic mass is 32.2. The van der Waals surface area contributed by atoms with Crippen LogP contribution < -0.4 is 5.69 Å². The summed E-state index contributed by atoms with van der Waals surface area (Å²) in [5, 5.41) is 3.17. The Hall–Kier alpha value is -5.12. The van der Waals surface area contributed by atoms with Gasteiger partial charge < -0.3 is 0 Å². The van der Waals surface area contributed by atoms with E-state index in [4.69, 9.17) is 4.55 Å². The van der Waals surface area contributed by atoms with Gasteiger partial charge in [0.15, 0.2) is 0 Å². The molecule has 0 aliphatic carbocycles. The lowest BCUT2D eigenvalue weighted by Gasteiger charge is -2.09. The first-order chi connectivity index (χ1) is 20.2. The van der Waals surface area contributed by atoms with Crippen molar-refractivity contribution in [3.63, 3.8) is 0 Å². The molecule has 0 spiro atoms. The summed E-state index contributed by atoms with van der Waals surface area (Å²) in [4.78, 5) is 22.1. The molecule has 1 N–H and O–H groups in total. The van der Waals surface area contributed by atoms with Crippen LogP contribution in [0.1, 0.15) is 5.56 Å². The van der Waals surface area contributed by atoms with Crippen molar-refractivity contribution in [2.45, 2.75) is 11.8 Å². The third-order valence-electron chi connectivity index (χ3n) is 7.19. The normalized spacial score (nSPS) is 11.5. The number of benzene rings is 4. The van der Waals surface area contributed by atoms with Gasteiger partial charge in [0.1, 0.15) is 0 Å². The Morgan fingerprint density at radius 3 is 2.26 bits per heavy atom. The predicted molar refractivity (Wildman–Crippen MR) is 166 cm³/mol. The standard InChI is InChI=1S/C26H18N4O.C7H8O3S/c1-29-24-16-28-23-11-9-19(20-7-4-12-27-15-20)14-22(23)25(24)30(26(29)31)21-10-8-17-5-2-3-6-18(17)13-21;1-6-2-4-7(5-3-6)11(8,9)10/h2-16H,1H3;2-5H,1H3,(H,8,9,10). The fraction of sp³-hybridized carbons (Fsp3) is 0.0606. The first-order valence-corrected chi connectivity index (χ1v) is 14.6. The molecule has 0 atom stereocenters. The minimum absolute atomic E-state index is 0.0666.